The average Bonchev–Trinajstić information content (AvgIpc) is 3.01. The Morgan fingerprint density at radius 2 is 1.71 bits per heavy atom. The first-order valence-corrected chi connectivity index (χ1v) is 16.0. The summed E-state index contributed by atoms with van der Waals surface area (Å²) in [5.74, 6) is -0.734. The van der Waals surface area contributed by atoms with Crippen LogP contribution in [0.5, 0.6) is 0 Å². The highest BCUT2D eigenvalue weighted by Gasteiger charge is 2.23. The second-order valence-corrected chi connectivity index (χ2v) is 12.0. The van der Waals surface area contributed by atoms with Crippen LogP contribution in [-0.4, -0.2) is 78.8 Å². The fourth-order valence-electron chi connectivity index (χ4n) is 5.21. The zero-order valence-corrected chi connectivity index (χ0v) is 27.1. The molecule has 2 heterocycles. The number of ketones is 2. The number of pyridine rings is 1. The van der Waals surface area contributed by atoms with Crippen molar-refractivity contribution in [3.05, 3.63) is 76.2 Å². The van der Waals surface area contributed by atoms with Gasteiger partial charge in [-0.05, 0) is 69.5 Å². The molecule has 1 aliphatic rings. The summed E-state index contributed by atoms with van der Waals surface area (Å²) in [7, 11) is 2.10. The van der Waals surface area contributed by atoms with Crippen molar-refractivity contribution in [2.45, 2.75) is 71.9 Å². The third-order valence-electron chi connectivity index (χ3n) is 7.90. The van der Waals surface area contributed by atoms with E-state index in [1.807, 2.05) is 12.1 Å². The minimum atomic E-state index is -0.896. The van der Waals surface area contributed by atoms with Crippen LogP contribution in [0.4, 0.5) is 5.69 Å². The number of carbonyl (C=O) groups is 4. The number of amides is 1. The first kappa shape index (κ1) is 35.4. The number of carbonyl (C=O) groups excluding carboxylic acids is 4. The molecule has 1 aromatic carbocycles. The van der Waals surface area contributed by atoms with Gasteiger partial charge in [-0.2, -0.15) is 0 Å². The average molecular weight is 621 g/mol. The molecule has 0 unspecified atom stereocenters. The van der Waals surface area contributed by atoms with Gasteiger partial charge in [0, 0.05) is 68.1 Å². The van der Waals surface area contributed by atoms with E-state index in [-0.39, 0.29) is 43.1 Å². The molecule has 0 spiro atoms. The van der Waals surface area contributed by atoms with Gasteiger partial charge in [-0.3, -0.25) is 19.2 Å². The second kappa shape index (κ2) is 18.0. The van der Waals surface area contributed by atoms with Crippen molar-refractivity contribution in [3.63, 3.8) is 0 Å². The molecule has 3 rings (SSSR count). The molecule has 0 saturated carbocycles. The second-order valence-electron chi connectivity index (χ2n) is 12.0. The SMILES string of the molecule is CCOC(=O)/C=C/CC[C@H](NC(=O)c1ccc(N2CCN(C)CC2)cc1)C(=O)Cc1cccn(CC(=O)CCCC(C)C)c1=O. The quantitative estimate of drug-likeness (QED) is 0.210. The number of rotatable bonds is 17. The maximum absolute atomic E-state index is 13.5. The molecule has 1 amide bonds. The fraction of sp³-hybridized carbons (Fsp3) is 0.514. The molecule has 1 aliphatic heterocycles. The Kier molecular flexibility index (Phi) is 14.2. The normalized spacial score (nSPS) is 14.5. The van der Waals surface area contributed by atoms with Crippen LogP contribution in [0.15, 0.2) is 59.5 Å². The van der Waals surface area contributed by atoms with E-state index in [1.54, 1.807) is 43.5 Å². The third-order valence-corrected chi connectivity index (χ3v) is 7.90. The Morgan fingerprint density at radius 3 is 2.38 bits per heavy atom. The summed E-state index contributed by atoms with van der Waals surface area (Å²) in [6.45, 7) is 9.90. The number of nitrogens with zero attached hydrogens (tertiary/aromatic N) is 3. The molecule has 0 aliphatic carbocycles. The smallest absolute Gasteiger partial charge is 0.330 e. The van der Waals surface area contributed by atoms with E-state index in [0.717, 1.165) is 44.7 Å². The fourth-order valence-corrected chi connectivity index (χ4v) is 5.21. The molecular formula is C35H48N4O6. The number of ether oxygens (including phenoxy) is 1. The van der Waals surface area contributed by atoms with Gasteiger partial charge in [-0.25, -0.2) is 4.79 Å². The van der Waals surface area contributed by atoms with Crippen LogP contribution in [0.25, 0.3) is 0 Å². The molecule has 2 aromatic rings. The van der Waals surface area contributed by atoms with Crippen molar-refractivity contribution < 1.29 is 23.9 Å². The summed E-state index contributed by atoms with van der Waals surface area (Å²) >= 11 is 0. The van der Waals surface area contributed by atoms with E-state index < -0.39 is 23.5 Å². The monoisotopic (exact) mass is 620 g/mol. The maximum Gasteiger partial charge on any atom is 0.330 e. The van der Waals surface area contributed by atoms with E-state index in [4.69, 9.17) is 4.74 Å². The van der Waals surface area contributed by atoms with E-state index in [0.29, 0.717) is 24.3 Å². The molecule has 244 valence electrons. The summed E-state index contributed by atoms with van der Waals surface area (Å²) in [6, 6.07) is 9.66. The summed E-state index contributed by atoms with van der Waals surface area (Å²) in [5, 5.41) is 2.85. The van der Waals surface area contributed by atoms with Crippen LogP contribution in [-0.2, 0) is 32.1 Å². The molecule has 45 heavy (non-hydrogen) atoms. The number of hydrogen-bond donors (Lipinski definition) is 1. The van der Waals surface area contributed by atoms with Gasteiger partial charge in [-0.15, -0.1) is 0 Å². The number of esters is 1. The first-order valence-electron chi connectivity index (χ1n) is 16.0. The number of allylic oxidation sites excluding steroid dienone is 1. The number of anilines is 1. The van der Waals surface area contributed by atoms with E-state index in [2.05, 4.69) is 36.0 Å². The van der Waals surface area contributed by atoms with Crippen LogP contribution in [0.2, 0.25) is 0 Å². The van der Waals surface area contributed by atoms with Gasteiger partial charge >= 0.3 is 5.97 Å². The number of Topliss-reactive ketones (excluding diaryl/α,β-unsaturated/α-hetero) is 2. The largest absolute Gasteiger partial charge is 0.463 e. The number of piperazine rings is 1. The number of nitrogens with one attached hydrogen (secondary N) is 1. The van der Waals surface area contributed by atoms with Crippen LogP contribution in [0.1, 0.15) is 68.8 Å². The van der Waals surface area contributed by atoms with Gasteiger partial charge in [0.2, 0.25) is 0 Å². The zero-order valence-electron chi connectivity index (χ0n) is 27.1. The highest BCUT2D eigenvalue weighted by Crippen LogP contribution is 2.17. The molecule has 1 saturated heterocycles. The number of benzene rings is 1. The molecule has 1 atom stereocenters. The van der Waals surface area contributed by atoms with Crippen LogP contribution in [0.3, 0.4) is 0 Å². The molecule has 1 fully saturated rings. The topological polar surface area (TPSA) is 118 Å². The molecule has 10 nitrogen and oxygen atoms in total. The summed E-state index contributed by atoms with van der Waals surface area (Å²) < 4.78 is 6.26. The maximum atomic E-state index is 13.5. The molecule has 0 radical (unpaired) electrons. The minimum Gasteiger partial charge on any atom is -0.463 e. The Bertz CT molecular complexity index is 1370. The predicted molar refractivity (Wildman–Crippen MR) is 176 cm³/mol. The van der Waals surface area contributed by atoms with Gasteiger partial charge in [-0.1, -0.05) is 32.4 Å². The van der Waals surface area contributed by atoms with Crippen molar-refractivity contribution in [2.24, 2.45) is 5.92 Å². The Morgan fingerprint density at radius 1 is 1.00 bits per heavy atom. The first-order chi connectivity index (χ1) is 21.6. The van der Waals surface area contributed by atoms with Crippen molar-refractivity contribution in [1.29, 1.82) is 0 Å². The number of aromatic nitrogens is 1. The van der Waals surface area contributed by atoms with Gasteiger partial charge in [0.15, 0.2) is 11.6 Å². The third kappa shape index (κ3) is 11.8. The van der Waals surface area contributed by atoms with Crippen molar-refractivity contribution >= 4 is 29.1 Å². The van der Waals surface area contributed by atoms with Crippen LogP contribution < -0.4 is 15.8 Å². The lowest BCUT2D eigenvalue weighted by atomic mass is 10.00. The van der Waals surface area contributed by atoms with E-state index in [9.17, 15) is 24.0 Å². The minimum absolute atomic E-state index is 0.0293. The van der Waals surface area contributed by atoms with Crippen LogP contribution in [0, 0.1) is 5.92 Å². The lowest BCUT2D eigenvalue weighted by Crippen LogP contribution is -2.44. The van der Waals surface area contributed by atoms with Crippen molar-refractivity contribution in [3.8, 4) is 0 Å². The van der Waals surface area contributed by atoms with Crippen molar-refractivity contribution in [2.75, 3.05) is 44.7 Å². The molecular weight excluding hydrogens is 572 g/mol. The summed E-state index contributed by atoms with van der Waals surface area (Å²) in [4.78, 5) is 68.7. The number of likely N-dealkylation sites (N-methyl/N-ethyl adjacent to an activating group) is 1. The highest BCUT2D eigenvalue weighted by molar-refractivity contribution is 5.98. The number of hydrogen-bond acceptors (Lipinski definition) is 8. The Balaban J connectivity index is 1.70. The highest BCUT2D eigenvalue weighted by atomic mass is 16.5. The lowest BCUT2D eigenvalue weighted by Gasteiger charge is -2.34. The van der Waals surface area contributed by atoms with Gasteiger partial charge in [0.1, 0.15) is 0 Å². The van der Waals surface area contributed by atoms with Crippen LogP contribution >= 0.6 is 0 Å². The standard InChI is InChI=1S/C35H48N4O6/c1-5-45-33(42)14-7-6-13-31(36-34(43)27-15-17-29(18-16-27)38-22-20-37(4)21-23-38)32(41)24-28-11-9-19-39(35(28)44)25-30(40)12-8-10-26(2)3/h7,9,11,14-19,26,31H,5-6,8,10,12-13,20-25H2,1-4H3,(H,36,43)/b14-7+/t31-/m0/s1. The molecule has 0 bridgehead atoms. The Hall–Kier alpha value is -4.05. The summed E-state index contributed by atoms with van der Waals surface area (Å²) in [5.41, 5.74) is 1.33. The van der Waals surface area contributed by atoms with E-state index in [1.165, 1.54) is 10.6 Å². The van der Waals surface area contributed by atoms with Crippen molar-refractivity contribution in [1.82, 2.24) is 14.8 Å². The van der Waals surface area contributed by atoms with Gasteiger partial charge < -0.3 is 24.4 Å². The zero-order chi connectivity index (χ0) is 32.8. The molecule has 10 heteroatoms. The van der Waals surface area contributed by atoms with E-state index >= 15 is 0 Å². The lowest BCUT2D eigenvalue weighted by molar-refractivity contribution is -0.137. The predicted octanol–water partition coefficient (Wildman–Crippen LogP) is 3.81. The molecule has 1 aromatic heterocycles. The molecule has 1 N–H and O–H groups in total. The summed E-state index contributed by atoms with van der Waals surface area (Å²) in [6.07, 6.45) is 6.95. The van der Waals surface area contributed by atoms with Gasteiger partial charge in [0.05, 0.1) is 19.2 Å². The van der Waals surface area contributed by atoms with Gasteiger partial charge in [0.25, 0.3) is 11.5 Å². The Labute approximate surface area is 266 Å².